The molecule has 3 rings (SSSR count). The summed E-state index contributed by atoms with van der Waals surface area (Å²) in [4.78, 5) is 26.5. The number of halogens is 3. The van der Waals surface area contributed by atoms with Crippen LogP contribution in [0.5, 0.6) is 0 Å². The zero-order valence-electron chi connectivity index (χ0n) is 16.9. The Morgan fingerprint density at radius 2 is 1.59 bits per heavy atom. The van der Waals surface area contributed by atoms with Gasteiger partial charge < -0.3 is 16.0 Å². The van der Waals surface area contributed by atoms with Gasteiger partial charge in [-0.3, -0.25) is 4.90 Å². The highest BCUT2D eigenvalue weighted by molar-refractivity contribution is 6.42. The number of nitrogens with zero attached hydrogens (tertiary/aromatic N) is 1. The van der Waals surface area contributed by atoms with Crippen molar-refractivity contribution < 1.29 is 14.0 Å². The van der Waals surface area contributed by atoms with Gasteiger partial charge in [-0.05, 0) is 48.9 Å². The summed E-state index contributed by atoms with van der Waals surface area (Å²) in [6.07, 6.45) is 0.467. The van der Waals surface area contributed by atoms with Crippen molar-refractivity contribution in [3.8, 4) is 0 Å². The van der Waals surface area contributed by atoms with Gasteiger partial charge in [-0.15, -0.1) is 0 Å². The van der Waals surface area contributed by atoms with Gasteiger partial charge in [0.2, 0.25) is 0 Å². The molecule has 4 amide bonds. The lowest BCUT2D eigenvalue weighted by atomic mass is 10.2. The molecule has 3 aromatic carbocycles. The van der Waals surface area contributed by atoms with Gasteiger partial charge in [-0.1, -0.05) is 53.5 Å². The number of urea groups is 2. The van der Waals surface area contributed by atoms with Gasteiger partial charge in [0.1, 0.15) is 5.82 Å². The van der Waals surface area contributed by atoms with Gasteiger partial charge in [0.25, 0.3) is 0 Å². The number of anilines is 3. The number of carbonyl (C=O) groups excluding carboxylic acids is 2. The summed E-state index contributed by atoms with van der Waals surface area (Å²) in [5.41, 5.74) is 1.30. The fourth-order valence-electron chi connectivity index (χ4n) is 2.89. The SMILES string of the molecule is O=C(NCCCN(C(=O)Nc1ccc(Cl)c(Cl)c1)c1ccccc1)Nc1ccccc1F. The lowest BCUT2D eigenvalue weighted by Gasteiger charge is -2.23. The first-order valence-electron chi connectivity index (χ1n) is 9.82. The molecule has 0 aliphatic carbocycles. The zero-order valence-corrected chi connectivity index (χ0v) is 18.5. The van der Waals surface area contributed by atoms with E-state index >= 15 is 0 Å². The molecule has 0 radical (unpaired) electrons. The molecule has 0 spiro atoms. The number of para-hydroxylation sites is 2. The van der Waals surface area contributed by atoms with Crippen molar-refractivity contribution in [2.45, 2.75) is 6.42 Å². The van der Waals surface area contributed by atoms with Crippen LogP contribution in [-0.4, -0.2) is 25.2 Å². The molecule has 0 fully saturated rings. The molecule has 6 nitrogen and oxygen atoms in total. The highest BCUT2D eigenvalue weighted by atomic mass is 35.5. The molecule has 0 saturated heterocycles. The second-order valence-corrected chi connectivity index (χ2v) is 7.57. The molecule has 0 unspecified atom stereocenters. The predicted molar refractivity (Wildman–Crippen MR) is 127 cm³/mol. The van der Waals surface area contributed by atoms with Gasteiger partial charge in [0.05, 0.1) is 15.7 Å². The van der Waals surface area contributed by atoms with Crippen LogP contribution >= 0.6 is 23.2 Å². The smallest absolute Gasteiger partial charge is 0.326 e. The first-order valence-corrected chi connectivity index (χ1v) is 10.6. The average molecular weight is 475 g/mol. The monoisotopic (exact) mass is 474 g/mol. The van der Waals surface area contributed by atoms with Crippen molar-refractivity contribution >= 4 is 52.3 Å². The molecule has 9 heteroatoms. The topological polar surface area (TPSA) is 73.5 Å². The van der Waals surface area contributed by atoms with Gasteiger partial charge in [0, 0.05) is 24.5 Å². The first-order chi connectivity index (χ1) is 15.4. The summed E-state index contributed by atoms with van der Waals surface area (Å²) in [7, 11) is 0. The molecule has 3 N–H and O–H groups in total. The molecule has 0 bridgehead atoms. The summed E-state index contributed by atoms with van der Waals surface area (Å²) >= 11 is 12.0. The minimum atomic E-state index is -0.526. The number of rotatable bonds is 7. The van der Waals surface area contributed by atoms with E-state index in [1.165, 1.54) is 12.1 Å². The van der Waals surface area contributed by atoms with Crippen LogP contribution in [0.15, 0.2) is 72.8 Å². The lowest BCUT2D eigenvalue weighted by Crippen LogP contribution is -2.38. The Labute approximate surface area is 195 Å². The van der Waals surface area contributed by atoms with E-state index in [0.29, 0.717) is 34.4 Å². The number of hydrogen-bond donors (Lipinski definition) is 3. The Bertz CT molecular complexity index is 1080. The van der Waals surface area contributed by atoms with Crippen molar-refractivity contribution in [2.75, 3.05) is 28.6 Å². The third-order valence-electron chi connectivity index (χ3n) is 4.45. The van der Waals surface area contributed by atoms with Crippen LogP contribution < -0.4 is 20.9 Å². The number of amides is 4. The molecule has 0 aliphatic rings. The molecule has 32 heavy (non-hydrogen) atoms. The third kappa shape index (κ3) is 6.60. The predicted octanol–water partition coefficient (Wildman–Crippen LogP) is 6.38. The normalized spacial score (nSPS) is 10.3. The maximum Gasteiger partial charge on any atom is 0.326 e. The Hall–Kier alpha value is -3.29. The second-order valence-electron chi connectivity index (χ2n) is 6.76. The van der Waals surface area contributed by atoms with Crippen LogP contribution in [0.4, 0.5) is 31.0 Å². The quantitative estimate of drug-likeness (QED) is 0.347. The molecule has 166 valence electrons. The van der Waals surface area contributed by atoms with E-state index in [1.54, 1.807) is 35.2 Å². The fraction of sp³-hybridized carbons (Fsp3) is 0.130. The minimum Gasteiger partial charge on any atom is -0.338 e. The molecule has 0 heterocycles. The van der Waals surface area contributed by atoms with Crippen LogP contribution in [0, 0.1) is 5.82 Å². The standard InChI is InChI=1S/C23H21Cl2FN4O2/c24-18-12-11-16(15-19(18)25)28-23(32)30(17-7-2-1-3-8-17)14-6-13-27-22(31)29-21-10-5-4-9-20(21)26/h1-5,7-12,15H,6,13-14H2,(H,28,32)(H2,27,29,31). The molecule has 3 aromatic rings. The molecular formula is C23H21Cl2FN4O2. The first kappa shape index (κ1) is 23.4. The van der Waals surface area contributed by atoms with E-state index < -0.39 is 11.8 Å². The Kier molecular flexibility index (Phi) is 8.30. The van der Waals surface area contributed by atoms with Crippen LogP contribution in [0.3, 0.4) is 0 Å². The summed E-state index contributed by atoms with van der Waals surface area (Å²) in [5.74, 6) is -0.517. The van der Waals surface area contributed by atoms with E-state index in [0.717, 1.165) is 0 Å². The highest BCUT2D eigenvalue weighted by Crippen LogP contribution is 2.25. The Morgan fingerprint density at radius 1 is 0.875 bits per heavy atom. The Balaban J connectivity index is 1.57. The van der Waals surface area contributed by atoms with Gasteiger partial charge in [-0.25, -0.2) is 14.0 Å². The number of benzene rings is 3. The molecule has 0 aliphatic heterocycles. The van der Waals surface area contributed by atoms with Gasteiger partial charge in [-0.2, -0.15) is 0 Å². The maximum atomic E-state index is 13.6. The van der Waals surface area contributed by atoms with Crippen molar-refractivity contribution in [1.82, 2.24) is 5.32 Å². The summed E-state index contributed by atoms with van der Waals surface area (Å²) in [6.45, 7) is 0.612. The third-order valence-corrected chi connectivity index (χ3v) is 5.19. The number of nitrogens with one attached hydrogen (secondary N) is 3. The minimum absolute atomic E-state index is 0.0944. The van der Waals surface area contributed by atoms with Crippen molar-refractivity contribution in [1.29, 1.82) is 0 Å². The van der Waals surface area contributed by atoms with E-state index in [2.05, 4.69) is 16.0 Å². The molecule has 0 saturated carbocycles. The summed E-state index contributed by atoms with van der Waals surface area (Å²) in [6, 6.07) is 19.0. The second kappa shape index (κ2) is 11.4. The van der Waals surface area contributed by atoms with Crippen LogP contribution in [0.1, 0.15) is 6.42 Å². The molecular weight excluding hydrogens is 454 g/mol. The fourth-order valence-corrected chi connectivity index (χ4v) is 3.19. The maximum absolute atomic E-state index is 13.6. The Morgan fingerprint density at radius 3 is 2.31 bits per heavy atom. The van der Waals surface area contributed by atoms with Crippen molar-refractivity contribution in [3.63, 3.8) is 0 Å². The zero-order chi connectivity index (χ0) is 22.9. The van der Waals surface area contributed by atoms with Crippen molar-refractivity contribution in [3.05, 3.63) is 88.7 Å². The van der Waals surface area contributed by atoms with Crippen molar-refractivity contribution in [2.24, 2.45) is 0 Å². The number of carbonyl (C=O) groups is 2. The van der Waals surface area contributed by atoms with E-state index in [1.807, 2.05) is 30.3 Å². The van der Waals surface area contributed by atoms with Gasteiger partial charge >= 0.3 is 12.1 Å². The van der Waals surface area contributed by atoms with E-state index in [-0.39, 0.29) is 18.3 Å². The van der Waals surface area contributed by atoms with Crippen LogP contribution in [0.25, 0.3) is 0 Å². The van der Waals surface area contributed by atoms with Crippen LogP contribution in [0.2, 0.25) is 10.0 Å². The lowest BCUT2D eigenvalue weighted by molar-refractivity contribution is 0.252. The highest BCUT2D eigenvalue weighted by Gasteiger charge is 2.16. The number of hydrogen-bond acceptors (Lipinski definition) is 2. The van der Waals surface area contributed by atoms with Crippen LogP contribution in [-0.2, 0) is 0 Å². The summed E-state index contributed by atoms with van der Waals surface area (Å²) < 4.78 is 13.6. The summed E-state index contributed by atoms with van der Waals surface area (Å²) in [5, 5.41) is 8.64. The molecule has 0 aromatic heterocycles. The van der Waals surface area contributed by atoms with E-state index in [4.69, 9.17) is 23.2 Å². The average Bonchev–Trinajstić information content (AvgIpc) is 2.78. The largest absolute Gasteiger partial charge is 0.338 e. The molecule has 0 atom stereocenters. The van der Waals surface area contributed by atoms with Gasteiger partial charge in [0.15, 0.2) is 0 Å². The van der Waals surface area contributed by atoms with E-state index in [9.17, 15) is 14.0 Å².